The Bertz CT molecular complexity index is 300. The number of hydrogen-bond donors (Lipinski definition) is 3. The van der Waals surface area contributed by atoms with Crippen molar-refractivity contribution >= 4 is 12.4 Å². The van der Waals surface area contributed by atoms with Crippen molar-refractivity contribution in [3.05, 3.63) is 23.8 Å². The molecule has 1 atom stereocenters. The van der Waals surface area contributed by atoms with Crippen LogP contribution in [-0.2, 0) is 0 Å². The molecule has 1 heterocycles. The Hall–Kier alpha value is -0.930. The smallest absolute Gasteiger partial charge is 0.120 e. The molecule has 0 bridgehead atoms. The SMILES string of the molecule is Cl.Oc1ccc(O)c([C@H]2CCN2)c1. The lowest BCUT2D eigenvalue weighted by molar-refractivity contribution is 0.362. The summed E-state index contributed by atoms with van der Waals surface area (Å²) in [4.78, 5) is 0. The number of phenols is 2. The van der Waals surface area contributed by atoms with Crippen molar-refractivity contribution in [1.82, 2.24) is 5.32 Å². The first kappa shape index (κ1) is 10.2. The van der Waals surface area contributed by atoms with E-state index in [-0.39, 0.29) is 29.9 Å². The van der Waals surface area contributed by atoms with Crippen LogP contribution in [0.1, 0.15) is 18.0 Å². The summed E-state index contributed by atoms with van der Waals surface area (Å²) in [6.45, 7) is 0.986. The Morgan fingerprint density at radius 3 is 2.54 bits per heavy atom. The zero-order valence-electron chi connectivity index (χ0n) is 7.03. The minimum atomic E-state index is 0. The number of rotatable bonds is 1. The molecule has 0 aromatic heterocycles. The first-order chi connectivity index (χ1) is 5.77. The van der Waals surface area contributed by atoms with Crippen molar-refractivity contribution in [2.24, 2.45) is 0 Å². The van der Waals surface area contributed by atoms with Gasteiger partial charge in [-0.05, 0) is 31.2 Å². The van der Waals surface area contributed by atoms with E-state index in [1.807, 2.05) is 0 Å². The molecule has 1 aliphatic rings. The summed E-state index contributed by atoms with van der Waals surface area (Å²) in [5.41, 5.74) is 0.793. The topological polar surface area (TPSA) is 52.5 Å². The highest BCUT2D eigenvalue weighted by Gasteiger charge is 2.21. The van der Waals surface area contributed by atoms with E-state index >= 15 is 0 Å². The number of halogens is 1. The third-order valence-corrected chi connectivity index (χ3v) is 2.21. The molecule has 0 radical (unpaired) electrons. The molecule has 2 rings (SSSR count). The first-order valence-corrected chi connectivity index (χ1v) is 4.02. The van der Waals surface area contributed by atoms with Gasteiger partial charge in [-0.15, -0.1) is 12.4 Å². The second-order valence-corrected chi connectivity index (χ2v) is 3.04. The van der Waals surface area contributed by atoms with Crippen LogP contribution in [0.5, 0.6) is 11.5 Å². The number of benzene rings is 1. The Labute approximate surface area is 82.8 Å². The summed E-state index contributed by atoms with van der Waals surface area (Å²) in [5.74, 6) is 0.460. The zero-order chi connectivity index (χ0) is 8.55. The fourth-order valence-electron chi connectivity index (χ4n) is 1.38. The highest BCUT2D eigenvalue weighted by atomic mass is 35.5. The lowest BCUT2D eigenvalue weighted by atomic mass is 9.97. The maximum atomic E-state index is 9.42. The Balaban J connectivity index is 0.000000845. The van der Waals surface area contributed by atoms with Gasteiger partial charge in [-0.1, -0.05) is 0 Å². The van der Waals surface area contributed by atoms with E-state index in [1.54, 1.807) is 6.07 Å². The van der Waals surface area contributed by atoms with Crippen LogP contribution in [0, 0.1) is 0 Å². The Morgan fingerprint density at radius 1 is 1.31 bits per heavy atom. The highest BCUT2D eigenvalue weighted by Crippen LogP contribution is 2.32. The lowest BCUT2D eigenvalue weighted by Gasteiger charge is -2.28. The van der Waals surface area contributed by atoms with Crippen molar-refractivity contribution in [2.45, 2.75) is 12.5 Å². The zero-order valence-corrected chi connectivity index (χ0v) is 7.84. The Morgan fingerprint density at radius 2 is 2.00 bits per heavy atom. The van der Waals surface area contributed by atoms with Crippen molar-refractivity contribution < 1.29 is 10.2 Å². The molecule has 3 N–H and O–H groups in total. The van der Waals surface area contributed by atoms with Gasteiger partial charge in [-0.2, -0.15) is 0 Å². The molecular formula is C9H12ClNO2. The van der Waals surface area contributed by atoms with E-state index in [0.717, 1.165) is 18.5 Å². The molecule has 3 nitrogen and oxygen atoms in total. The van der Waals surface area contributed by atoms with Crippen molar-refractivity contribution in [3.8, 4) is 11.5 Å². The molecule has 1 saturated heterocycles. The maximum Gasteiger partial charge on any atom is 0.120 e. The summed E-state index contributed by atoms with van der Waals surface area (Å²) in [6, 6.07) is 4.83. The minimum absolute atomic E-state index is 0. The molecule has 0 spiro atoms. The second-order valence-electron chi connectivity index (χ2n) is 3.04. The Kier molecular flexibility index (Phi) is 3.01. The minimum Gasteiger partial charge on any atom is -0.508 e. The fraction of sp³-hybridized carbons (Fsp3) is 0.333. The van der Waals surface area contributed by atoms with Crippen molar-refractivity contribution in [1.29, 1.82) is 0 Å². The number of phenolic OH excluding ortho intramolecular Hbond substituents is 2. The van der Waals surface area contributed by atoms with Gasteiger partial charge in [0.25, 0.3) is 0 Å². The van der Waals surface area contributed by atoms with Gasteiger partial charge < -0.3 is 15.5 Å². The van der Waals surface area contributed by atoms with E-state index in [2.05, 4.69) is 5.32 Å². The third kappa shape index (κ3) is 1.87. The number of nitrogens with one attached hydrogen (secondary N) is 1. The molecule has 1 aromatic rings. The summed E-state index contributed by atoms with van der Waals surface area (Å²) in [5, 5.41) is 21.7. The highest BCUT2D eigenvalue weighted by molar-refractivity contribution is 5.85. The van der Waals surface area contributed by atoms with E-state index in [4.69, 9.17) is 5.11 Å². The summed E-state index contributed by atoms with van der Waals surface area (Å²) < 4.78 is 0. The molecular weight excluding hydrogens is 190 g/mol. The molecule has 0 aliphatic carbocycles. The van der Waals surface area contributed by atoms with Gasteiger partial charge in [-0.25, -0.2) is 0 Å². The maximum absolute atomic E-state index is 9.42. The molecule has 0 unspecified atom stereocenters. The summed E-state index contributed by atoms with van der Waals surface area (Å²) >= 11 is 0. The molecule has 72 valence electrons. The molecule has 1 fully saturated rings. The average molecular weight is 202 g/mol. The van der Waals surface area contributed by atoms with E-state index in [9.17, 15) is 5.11 Å². The number of aromatic hydroxyl groups is 2. The largest absolute Gasteiger partial charge is 0.508 e. The molecule has 13 heavy (non-hydrogen) atoms. The van der Waals surface area contributed by atoms with Gasteiger partial charge in [0.1, 0.15) is 11.5 Å². The second kappa shape index (κ2) is 3.85. The summed E-state index contributed by atoms with van der Waals surface area (Å²) in [7, 11) is 0. The van der Waals surface area contributed by atoms with Crippen LogP contribution >= 0.6 is 12.4 Å². The van der Waals surface area contributed by atoms with Crippen molar-refractivity contribution in [2.75, 3.05) is 6.54 Å². The van der Waals surface area contributed by atoms with Crippen LogP contribution in [0.2, 0.25) is 0 Å². The molecule has 0 saturated carbocycles. The third-order valence-electron chi connectivity index (χ3n) is 2.21. The monoisotopic (exact) mass is 201 g/mol. The molecule has 4 heteroatoms. The van der Waals surface area contributed by atoms with Crippen LogP contribution in [0.4, 0.5) is 0 Å². The van der Waals surface area contributed by atoms with Crippen LogP contribution in [0.15, 0.2) is 18.2 Å². The molecule has 1 aromatic carbocycles. The van der Waals surface area contributed by atoms with Gasteiger partial charge in [0, 0.05) is 11.6 Å². The van der Waals surface area contributed by atoms with E-state index in [0.29, 0.717) is 0 Å². The van der Waals surface area contributed by atoms with Crippen LogP contribution in [0.3, 0.4) is 0 Å². The predicted octanol–water partition coefficient (Wildman–Crippen LogP) is 1.55. The van der Waals surface area contributed by atoms with Crippen molar-refractivity contribution in [3.63, 3.8) is 0 Å². The first-order valence-electron chi connectivity index (χ1n) is 4.02. The van der Waals surface area contributed by atoms with Crippen LogP contribution < -0.4 is 5.32 Å². The number of hydrogen-bond acceptors (Lipinski definition) is 3. The molecule has 1 aliphatic heterocycles. The fourth-order valence-corrected chi connectivity index (χ4v) is 1.38. The van der Waals surface area contributed by atoms with Gasteiger partial charge in [0.2, 0.25) is 0 Å². The lowest BCUT2D eigenvalue weighted by Crippen LogP contribution is -2.34. The van der Waals surface area contributed by atoms with E-state index < -0.39 is 0 Å². The van der Waals surface area contributed by atoms with E-state index in [1.165, 1.54) is 12.1 Å². The van der Waals surface area contributed by atoms with Crippen LogP contribution in [-0.4, -0.2) is 16.8 Å². The predicted molar refractivity (Wildman–Crippen MR) is 52.4 cm³/mol. The van der Waals surface area contributed by atoms with Gasteiger partial charge >= 0.3 is 0 Å². The normalized spacial score (nSPS) is 20.2. The quantitative estimate of drug-likeness (QED) is 0.605. The standard InChI is InChI=1S/C9H11NO2.ClH/c11-6-1-2-9(12)7(5-6)8-3-4-10-8;/h1-2,5,8,10-12H,3-4H2;1H/t8-;/m1./s1. The summed E-state index contributed by atoms with van der Waals surface area (Å²) in [6.07, 6.45) is 1.02. The van der Waals surface area contributed by atoms with Gasteiger partial charge in [0.05, 0.1) is 0 Å². The van der Waals surface area contributed by atoms with Gasteiger partial charge in [0.15, 0.2) is 0 Å². The van der Waals surface area contributed by atoms with Crippen LogP contribution in [0.25, 0.3) is 0 Å². The average Bonchev–Trinajstić information content (AvgIpc) is 1.93. The van der Waals surface area contributed by atoms with Gasteiger partial charge in [-0.3, -0.25) is 0 Å². The molecule has 0 amide bonds.